The van der Waals surface area contributed by atoms with Crippen molar-refractivity contribution in [1.82, 2.24) is 4.90 Å². The number of sulfone groups is 1. The highest BCUT2D eigenvalue weighted by atomic mass is 32.2. The van der Waals surface area contributed by atoms with Gasteiger partial charge in [0.05, 0.1) is 9.79 Å². The zero-order chi connectivity index (χ0) is 18.3. The fourth-order valence-corrected chi connectivity index (χ4v) is 5.41. The first kappa shape index (κ1) is 17.5. The van der Waals surface area contributed by atoms with Crippen LogP contribution in [0.2, 0.25) is 0 Å². The van der Waals surface area contributed by atoms with E-state index >= 15 is 0 Å². The summed E-state index contributed by atoms with van der Waals surface area (Å²) in [7, 11) is -3.64. The fourth-order valence-electron chi connectivity index (χ4n) is 4.11. The molecule has 0 saturated carbocycles. The second-order valence-electron chi connectivity index (χ2n) is 7.08. The van der Waals surface area contributed by atoms with Crippen LogP contribution < -0.4 is 5.32 Å². The summed E-state index contributed by atoms with van der Waals surface area (Å²) in [6.45, 7) is 5.33. The van der Waals surface area contributed by atoms with Gasteiger partial charge < -0.3 is 10.2 Å². The highest BCUT2D eigenvalue weighted by Gasteiger charge is 2.35. The van der Waals surface area contributed by atoms with Crippen LogP contribution in [-0.2, 0) is 9.84 Å². The largest absolute Gasteiger partial charge is 0.381 e. The van der Waals surface area contributed by atoms with Gasteiger partial charge in [0.1, 0.15) is 5.82 Å². The number of halogens is 1. The molecule has 0 bridgehead atoms. The van der Waals surface area contributed by atoms with Crippen LogP contribution in [0.25, 0.3) is 0 Å². The van der Waals surface area contributed by atoms with Crippen molar-refractivity contribution in [3.8, 4) is 0 Å². The lowest BCUT2D eigenvalue weighted by molar-refractivity contribution is 0.298. The van der Waals surface area contributed by atoms with Crippen LogP contribution in [0.1, 0.15) is 31.2 Å². The number of hydrogen-bond acceptors (Lipinski definition) is 4. The van der Waals surface area contributed by atoms with Gasteiger partial charge in [-0.2, -0.15) is 0 Å². The Morgan fingerprint density at radius 1 is 1.08 bits per heavy atom. The van der Waals surface area contributed by atoms with Gasteiger partial charge in [-0.3, -0.25) is 0 Å². The maximum absolute atomic E-state index is 13.1. The summed E-state index contributed by atoms with van der Waals surface area (Å²) in [6.07, 6.45) is 2.09. The molecule has 138 valence electrons. The van der Waals surface area contributed by atoms with Crippen LogP contribution >= 0.6 is 0 Å². The Bertz CT molecular complexity index is 912. The van der Waals surface area contributed by atoms with Crippen LogP contribution in [0.15, 0.2) is 52.3 Å². The van der Waals surface area contributed by atoms with E-state index in [0.29, 0.717) is 12.0 Å². The van der Waals surface area contributed by atoms with E-state index in [9.17, 15) is 12.8 Å². The van der Waals surface area contributed by atoms with Gasteiger partial charge in [-0.05, 0) is 74.0 Å². The third kappa shape index (κ3) is 3.01. The standard InChI is InChI=1S/C20H23FN2O2S/c1-2-23-11-9-17-18-13-16(7-8-19(18)22-20(17)10-12-23)26(24,25)15-5-3-14(21)4-6-15/h3-8,13,17,20,22H,2,9-12H2,1H3/t17-,20?/m0/s1. The maximum atomic E-state index is 13.1. The topological polar surface area (TPSA) is 49.4 Å². The molecule has 2 atom stereocenters. The van der Waals surface area contributed by atoms with Crippen LogP contribution in [0.4, 0.5) is 10.1 Å². The minimum absolute atomic E-state index is 0.124. The molecule has 4 rings (SSSR count). The third-order valence-electron chi connectivity index (χ3n) is 5.64. The molecular weight excluding hydrogens is 351 g/mol. The lowest BCUT2D eigenvalue weighted by Gasteiger charge is -2.17. The average Bonchev–Trinajstić information content (AvgIpc) is 2.86. The predicted molar refractivity (Wildman–Crippen MR) is 99.8 cm³/mol. The van der Waals surface area contributed by atoms with E-state index in [1.54, 1.807) is 6.07 Å². The van der Waals surface area contributed by atoms with Crippen molar-refractivity contribution in [3.63, 3.8) is 0 Å². The van der Waals surface area contributed by atoms with Crippen molar-refractivity contribution in [2.24, 2.45) is 0 Å². The lowest BCUT2D eigenvalue weighted by Crippen LogP contribution is -2.25. The summed E-state index contributed by atoms with van der Waals surface area (Å²) in [5.41, 5.74) is 2.14. The van der Waals surface area contributed by atoms with Crippen molar-refractivity contribution in [2.75, 3.05) is 25.0 Å². The molecule has 1 saturated heterocycles. The Kier molecular flexibility index (Phi) is 4.49. The molecule has 1 unspecified atom stereocenters. The maximum Gasteiger partial charge on any atom is 0.206 e. The molecule has 0 aromatic heterocycles. The first-order chi connectivity index (χ1) is 12.5. The first-order valence-electron chi connectivity index (χ1n) is 9.12. The highest BCUT2D eigenvalue weighted by molar-refractivity contribution is 7.91. The van der Waals surface area contributed by atoms with Gasteiger partial charge in [0, 0.05) is 24.2 Å². The molecule has 0 amide bonds. The van der Waals surface area contributed by atoms with E-state index in [-0.39, 0.29) is 9.79 Å². The van der Waals surface area contributed by atoms with Gasteiger partial charge in [0.25, 0.3) is 0 Å². The molecule has 6 heteroatoms. The number of anilines is 1. The van der Waals surface area contributed by atoms with Gasteiger partial charge in [-0.25, -0.2) is 12.8 Å². The van der Waals surface area contributed by atoms with E-state index < -0.39 is 15.7 Å². The zero-order valence-corrected chi connectivity index (χ0v) is 15.6. The molecular formula is C20H23FN2O2S. The molecule has 0 radical (unpaired) electrons. The molecule has 4 nitrogen and oxygen atoms in total. The summed E-state index contributed by atoms with van der Waals surface area (Å²) >= 11 is 0. The molecule has 2 aliphatic heterocycles. The van der Waals surface area contributed by atoms with Gasteiger partial charge in [0.2, 0.25) is 9.84 Å². The summed E-state index contributed by atoms with van der Waals surface area (Å²) < 4.78 is 39.0. The quantitative estimate of drug-likeness (QED) is 0.833. The second-order valence-corrected chi connectivity index (χ2v) is 9.03. The second kappa shape index (κ2) is 6.67. The van der Waals surface area contributed by atoms with Gasteiger partial charge in [-0.1, -0.05) is 6.92 Å². The number of rotatable bonds is 3. The van der Waals surface area contributed by atoms with Gasteiger partial charge >= 0.3 is 0 Å². The van der Waals surface area contributed by atoms with Crippen LogP contribution in [0.5, 0.6) is 0 Å². The van der Waals surface area contributed by atoms with Gasteiger partial charge in [0.15, 0.2) is 0 Å². The smallest absolute Gasteiger partial charge is 0.206 e. The van der Waals surface area contributed by atoms with Crippen molar-refractivity contribution < 1.29 is 12.8 Å². The molecule has 2 aromatic rings. The summed E-state index contributed by atoms with van der Waals surface area (Å²) in [6, 6.07) is 10.7. The fraction of sp³-hybridized carbons (Fsp3) is 0.400. The van der Waals surface area contributed by atoms with Gasteiger partial charge in [-0.15, -0.1) is 0 Å². The number of fused-ring (bicyclic) bond motifs is 3. The summed E-state index contributed by atoms with van der Waals surface area (Å²) in [5, 5.41) is 3.58. The van der Waals surface area contributed by atoms with E-state index in [2.05, 4.69) is 17.1 Å². The van der Waals surface area contributed by atoms with Crippen molar-refractivity contribution in [3.05, 3.63) is 53.8 Å². The Balaban J connectivity index is 1.68. The summed E-state index contributed by atoms with van der Waals surface area (Å²) in [5.74, 6) is -0.103. The van der Waals surface area contributed by atoms with Crippen LogP contribution in [-0.4, -0.2) is 39.0 Å². The predicted octanol–water partition coefficient (Wildman–Crippen LogP) is 3.65. The zero-order valence-electron chi connectivity index (χ0n) is 14.8. The average molecular weight is 374 g/mol. The Morgan fingerprint density at radius 2 is 1.77 bits per heavy atom. The van der Waals surface area contributed by atoms with Crippen LogP contribution in [0.3, 0.4) is 0 Å². The van der Waals surface area contributed by atoms with E-state index in [1.807, 2.05) is 12.1 Å². The SMILES string of the molecule is CCN1CCC2Nc3ccc(S(=O)(=O)c4ccc(F)cc4)cc3[C@@H]2CC1. The minimum Gasteiger partial charge on any atom is -0.381 e. The van der Waals surface area contributed by atoms with E-state index in [4.69, 9.17) is 0 Å². The monoisotopic (exact) mass is 374 g/mol. The summed E-state index contributed by atoms with van der Waals surface area (Å²) in [4.78, 5) is 2.85. The van der Waals surface area contributed by atoms with E-state index in [1.165, 1.54) is 24.3 Å². The van der Waals surface area contributed by atoms with Crippen LogP contribution in [0, 0.1) is 5.82 Å². The molecule has 2 aromatic carbocycles. The number of hydrogen-bond donors (Lipinski definition) is 1. The molecule has 26 heavy (non-hydrogen) atoms. The molecule has 2 aliphatic rings. The number of nitrogens with zero attached hydrogens (tertiary/aromatic N) is 1. The molecule has 2 heterocycles. The molecule has 1 N–H and O–H groups in total. The normalized spacial score (nSPS) is 23.0. The van der Waals surface area contributed by atoms with Crippen molar-refractivity contribution in [1.29, 1.82) is 0 Å². The van der Waals surface area contributed by atoms with E-state index in [0.717, 1.165) is 43.7 Å². The number of nitrogens with one attached hydrogen (secondary N) is 1. The first-order valence-corrected chi connectivity index (χ1v) is 10.6. The molecule has 0 spiro atoms. The number of benzene rings is 2. The molecule has 1 fully saturated rings. The third-order valence-corrected chi connectivity index (χ3v) is 7.41. The van der Waals surface area contributed by atoms with Crippen molar-refractivity contribution >= 4 is 15.5 Å². The van der Waals surface area contributed by atoms with Crippen molar-refractivity contribution in [2.45, 2.75) is 41.5 Å². The Morgan fingerprint density at radius 3 is 2.50 bits per heavy atom. The molecule has 0 aliphatic carbocycles. The number of likely N-dealkylation sites (tertiary alicyclic amines) is 1. The Labute approximate surface area is 153 Å². The minimum atomic E-state index is -3.64. The Hall–Kier alpha value is -1.92. The highest BCUT2D eigenvalue weighted by Crippen LogP contribution is 2.42. The lowest BCUT2D eigenvalue weighted by atomic mass is 9.91.